The van der Waals surface area contributed by atoms with Crippen LogP contribution in [-0.2, 0) is 4.79 Å². The molecule has 0 aromatic rings. The van der Waals surface area contributed by atoms with E-state index in [9.17, 15) is 4.79 Å². The molecule has 0 aromatic carbocycles. The van der Waals surface area contributed by atoms with E-state index in [-0.39, 0.29) is 11.8 Å². The Hall–Kier alpha value is -1.44. The van der Waals surface area contributed by atoms with Crippen molar-refractivity contribution in [1.82, 2.24) is 0 Å². The summed E-state index contributed by atoms with van der Waals surface area (Å²) in [6.45, 7) is 4.40. The summed E-state index contributed by atoms with van der Waals surface area (Å²) in [6.07, 6.45) is 27.0. The second kappa shape index (κ2) is 12.9. The standard InChI is InChI=1S/C25H39NO/c1-3-4-5-6-7-8-9-10-11-12-13-14-15-16-22-20-25(27)26-24-18-17-21(2)19-23(22)24/h17-20,23H,3-16H2,1-2H3. The molecule has 1 aliphatic carbocycles. The summed E-state index contributed by atoms with van der Waals surface area (Å²) in [5, 5.41) is 0. The number of carbonyl (C=O) groups is 1. The molecule has 0 aromatic heterocycles. The first kappa shape index (κ1) is 21.9. The molecule has 2 rings (SSSR count). The first-order valence-electron chi connectivity index (χ1n) is 11.4. The number of aliphatic imine (C=N–C) groups is 1. The zero-order valence-corrected chi connectivity index (χ0v) is 17.6. The van der Waals surface area contributed by atoms with Crippen molar-refractivity contribution in [3.8, 4) is 0 Å². The van der Waals surface area contributed by atoms with Crippen molar-refractivity contribution in [2.45, 2.75) is 104 Å². The van der Waals surface area contributed by atoms with Crippen molar-refractivity contribution in [2.75, 3.05) is 0 Å². The number of carbonyl (C=O) groups excluding carboxylic acids is 1. The number of rotatable bonds is 14. The molecule has 150 valence electrons. The fraction of sp³-hybridized carbons (Fsp3) is 0.680. The van der Waals surface area contributed by atoms with Gasteiger partial charge in [-0.05, 0) is 25.8 Å². The van der Waals surface area contributed by atoms with Gasteiger partial charge in [-0.15, -0.1) is 0 Å². The third-order valence-corrected chi connectivity index (χ3v) is 5.78. The molecule has 2 heteroatoms. The minimum atomic E-state index is -0.0800. The Morgan fingerprint density at radius 3 is 1.96 bits per heavy atom. The van der Waals surface area contributed by atoms with Gasteiger partial charge in [0.25, 0.3) is 5.91 Å². The Balaban J connectivity index is 1.50. The average Bonchev–Trinajstić information content (AvgIpc) is 2.65. The second-order valence-electron chi connectivity index (χ2n) is 8.31. The number of allylic oxidation sites excluding steroid dienone is 5. The van der Waals surface area contributed by atoms with Gasteiger partial charge in [0, 0.05) is 12.0 Å². The largest absolute Gasteiger partial charge is 0.269 e. The van der Waals surface area contributed by atoms with Crippen LogP contribution in [0, 0.1) is 5.92 Å². The molecular weight excluding hydrogens is 330 g/mol. The highest BCUT2D eigenvalue weighted by Gasteiger charge is 2.24. The van der Waals surface area contributed by atoms with Gasteiger partial charge in [0.05, 0.1) is 5.71 Å². The fourth-order valence-electron chi connectivity index (χ4n) is 4.11. The summed E-state index contributed by atoms with van der Waals surface area (Å²) in [4.78, 5) is 16.0. The molecule has 1 amide bonds. The van der Waals surface area contributed by atoms with Crippen LogP contribution in [0.15, 0.2) is 40.4 Å². The lowest BCUT2D eigenvalue weighted by molar-refractivity contribution is -0.113. The zero-order valence-electron chi connectivity index (χ0n) is 17.6. The lowest BCUT2D eigenvalue weighted by Gasteiger charge is -2.23. The molecular formula is C25H39NO. The van der Waals surface area contributed by atoms with E-state index in [0.717, 1.165) is 12.1 Å². The molecule has 1 atom stereocenters. The van der Waals surface area contributed by atoms with Crippen LogP contribution in [0.25, 0.3) is 0 Å². The number of amides is 1. The predicted molar refractivity (Wildman–Crippen MR) is 117 cm³/mol. The van der Waals surface area contributed by atoms with E-state index >= 15 is 0 Å². The quantitative estimate of drug-likeness (QED) is 0.291. The van der Waals surface area contributed by atoms with Crippen molar-refractivity contribution >= 4 is 11.6 Å². The SMILES string of the molecule is CCCCCCCCCCCCCCCC1=CC(=O)N=C2C=CC(C)=CC12. The molecule has 0 fully saturated rings. The van der Waals surface area contributed by atoms with Gasteiger partial charge in [0.2, 0.25) is 0 Å². The monoisotopic (exact) mass is 369 g/mol. The Morgan fingerprint density at radius 2 is 1.37 bits per heavy atom. The van der Waals surface area contributed by atoms with Gasteiger partial charge in [-0.3, -0.25) is 4.79 Å². The molecule has 0 spiro atoms. The van der Waals surface area contributed by atoms with Crippen LogP contribution in [-0.4, -0.2) is 11.6 Å². The van der Waals surface area contributed by atoms with Crippen LogP contribution in [0.5, 0.6) is 0 Å². The first-order chi connectivity index (χ1) is 13.2. The maximum Gasteiger partial charge on any atom is 0.269 e. The Labute approximate surface area is 166 Å². The van der Waals surface area contributed by atoms with E-state index in [1.807, 2.05) is 6.08 Å². The Morgan fingerprint density at radius 1 is 0.815 bits per heavy atom. The van der Waals surface area contributed by atoms with E-state index < -0.39 is 0 Å². The first-order valence-corrected chi connectivity index (χ1v) is 11.4. The summed E-state index contributed by atoms with van der Waals surface area (Å²) in [5.74, 6) is 0.161. The van der Waals surface area contributed by atoms with Crippen molar-refractivity contribution in [1.29, 1.82) is 0 Å². The summed E-state index contributed by atoms with van der Waals surface area (Å²) in [6, 6.07) is 0. The summed E-state index contributed by atoms with van der Waals surface area (Å²) >= 11 is 0. The van der Waals surface area contributed by atoms with Crippen LogP contribution < -0.4 is 0 Å². The Bertz CT molecular complexity index is 579. The van der Waals surface area contributed by atoms with Gasteiger partial charge in [-0.25, -0.2) is 4.99 Å². The normalized spacial score (nSPS) is 18.8. The molecule has 0 saturated carbocycles. The van der Waals surface area contributed by atoms with Crippen molar-refractivity contribution in [3.05, 3.63) is 35.5 Å². The lowest BCUT2D eigenvalue weighted by Crippen LogP contribution is -2.21. The number of dihydropyridines is 1. The smallest absolute Gasteiger partial charge is 0.267 e. The molecule has 27 heavy (non-hydrogen) atoms. The number of hydrogen-bond donors (Lipinski definition) is 0. The van der Waals surface area contributed by atoms with Crippen molar-refractivity contribution in [2.24, 2.45) is 10.9 Å². The minimum absolute atomic E-state index is 0.0800. The van der Waals surface area contributed by atoms with Crippen LogP contribution in [0.3, 0.4) is 0 Å². The van der Waals surface area contributed by atoms with E-state index in [0.29, 0.717) is 0 Å². The lowest BCUT2D eigenvalue weighted by atomic mass is 9.83. The molecule has 0 saturated heterocycles. The van der Waals surface area contributed by atoms with Crippen LogP contribution in [0.1, 0.15) is 104 Å². The molecule has 0 N–H and O–H groups in total. The van der Waals surface area contributed by atoms with Crippen molar-refractivity contribution in [3.63, 3.8) is 0 Å². The van der Waals surface area contributed by atoms with Gasteiger partial charge < -0.3 is 0 Å². The Kier molecular flexibility index (Phi) is 10.4. The van der Waals surface area contributed by atoms with E-state index in [4.69, 9.17) is 0 Å². The molecule has 2 nitrogen and oxygen atoms in total. The number of nitrogens with zero attached hydrogens (tertiary/aromatic N) is 1. The van der Waals surface area contributed by atoms with Gasteiger partial charge in [0.1, 0.15) is 0 Å². The maximum atomic E-state index is 11.8. The van der Waals surface area contributed by atoms with E-state index in [1.165, 1.54) is 94.6 Å². The average molecular weight is 370 g/mol. The second-order valence-corrected chi connectivity index (χ2v) is 8.31. The molecule has 2 aliphatic rings. The highest BCUT2D eigenvalue weighted by Crippen LogP contribution is 2.29. The molecule has 0 bridgehead atoms. The van der Waals surface area contributed by atoms with Crippen LogP contribution in [0.2, 0.25) is 0 Å². The van der Waals surface area contributed by atoms with Crippen LogP contribution in [0.4, 0.5) is 0 Å². The third-order valence-electron chi connectivity index (χ3n) is 5.78. The van der Waals surface area contributed by atoms with Gasteiger partial charge in [-0.1, -0.05) is 107 Å². The van der Waals surface area contributed by atoms with E-state index in [1.54, 1.807) is 6.08 Å². The summed E-state index contributed by atoms with van der Waals surface area (Å²) in [7, 11) is 0. The number of unbranched alkanes of at least 4 members (excludes halogenated alkanes) is 12. The highest BCUT2D eigenvalue weighted by atomic mass is 16.1. The van der Waals surface area contributed by atoms with Gasteiger partial charge in [-0.2, -0.15) is 0 Å². The number of hydrogen-bond acceptors (Lipinski definition) is 1. The number of fused-ring (bicyclic) bond motifs is 1. The maximum absolute atomic E-state index is 11.8. The molecule has 1 heterocycles. The topological polar surface area (TPSA) is 29.4 Å². The molecule has 1 unspecified atom stereocenters. The molecule has 0 radical (unpaired) electrons. The minimum Gasteiger partial charge on any atom is -0.267 e. The fourth-order valence-corrected chi connectivity index (χ4v) is 4.11. The third kappa shape index (κ3) is 8.41. The summed E-state index contributed by atoms with van der Waals surface area (Å²) in [5.41, 5.74) is 3.46. The van der Waals surface area contributed by atoms with Crippen molar-refractivity contribution < 1.29 is 4.79 Å². The summed E-state index contributed by atoms with van der Waals surface area (Å²) < 4.78 is 0. The van der Waals surface area contributed by atoms with E-state index in [2.05, 4.69) is 31.0 Å². The molecule has 1 aliphatic heterocycles. The van der Waals surface area contributed by atoms with Crippen LogP contribution >= 0.6 is 0 Å². The van der Waals surface area contributed by atoms with Gasteiger partial charge in [0.15, 0.2) is 0 Å². The highest BCUT2D eigenvalue weighted by molar-refractivity contribution is 6.12. The van der Waals surface area contributed by atoms with Gasteiger partial charge >= 0.3 is 0 Å². The zero-order chi connectivity index (χ0) is 19.3. The predicted octanol–water partition coefficient (Wildman–Crippen LogP) is 7.51.